The summed E-state index contributed by atoms with van der Waals surface area (Å²) in [6.07, 6.45) is 1.60. The smallest absolute Gasteiger partial charge is 0.257 e. The molecule has 4 rings (SSSR count). The number of carbonyl (C=O) groups is 1. The molecule has 2 heterocycles. The Labute approximate surface area is 178 Å². The van der Waals surface area contributed by atoms with E-state index in [-0.39, 0.29) is 5.91 Å². The van der Waals surface area contributed by atoms with Crippen molar-refractivity contribution in [2.75, 3.05) is 19.5 Å². The second-order valence-electron chi connectivity index (χ2n) is 6.95. The van der Waals surface area contributed by atoms with E-state index in [0.29, 0.717) is 46.0 Å². The Morgan fingerprint density at radius 2 is 1.97 bits per heavy atom. The van der Waals surface area contributed by atoms with E-state index in [2.05, 4.69) is 15.4 Å². The average Bonchev–Trinajstić information content (AvgIpc) is 3.18. The van der Waals surface area contributed by atoms with Crippen LogP contribution < -0.4 is 14.8 Å². The van der Waals surface area contributed by atoms with Crippen LogP contribution in [0.25, 0.3) is 10.9 Å². The fourth-order valence-corrected chi connectivity index (χ4v) is 3.51. The third-order valence-electron chi connectivity index (χ3n) is 4.91. The standard InChI is InChI=1S/C23H21FN4O3/c1-14-11-18(17-8-7-16(24)12-19(17)26-14)23(29)27-21-9-10-25-28(21)13-15-5-4-6-20(30-2)22(15)31-3/h4-12H,13H2,1-3H3,(H,27,29). The topological polar surface area (TPSA) is 78.3 Å². The fourth-order valence-electron chi connectivity index (χ4n) is 3.51. The van der Waals surface area contributed by atoms with Crippen molar-refractivity contribution in [1.29, 1.82) is 0 Å². The number of ether oxygens (including phenoxy) is 2. The minimum atomic E-state index is -0.401. The van der Waals surface area contributed by atoms with Crippen molar-refractivity contribution in [2.24, 2.45) is 0 Å². The summed E-state index contributed by atoms with van der Waals surface area (Å²) in [6, 6.07) is 13.2. The number of methoxy groups -OCH3 is 2. The molecule has 1 amide bonds. The number of carbonyl (C=O) groups excluding carboxylic acids is 1. The van der Waals surface area contributed by atoms with Crippen molar-refractivity contribution in [3.8, 4) is 11.5 Å². The zero-order valence-electron chi connectivity index (χ0n) is 17.3. The number of halogens is 1. The number of amides is 1. The van der Waals surface area contributed by atoms with Crippen LogP contribution in [-0.2, 0) is 6.54 Å². The predicted molar refractivity (Wildman–Crippen MR) is 115 cm³/mol. The lowest BCUT2D eigenvalue weighted by Crippen LogP contribution is -2.17. The maximum absolute atomic E-state index is 13.6. The van der Waals surface area contributed by atoms with Gasteiger partial charge in [-0.1, -0.05) is 12.1 Å². The largest absolute Gasteiger partial charge is 0.493 e. The van der Waals surface area contributed by atoms with Gasteiger partial charge in [-0.2, -0.15) is 5.10 Å². The number of nitrogens with one attached hydrogen (secondary N) is 1. The second kappa shape index (κ2) is 8.43. The first-order valence-electron chi connectivity index (χ1n) is 9.60. The van der Waals surface area contributed by atoms with Crippen LogP contribution in [0.1, 0.15) is 21.6 Å². The molecular weight excluding hydrogens is 399 g/mol. The first-order valence-corrected chi connectivity index (χ1v) is 9.60. The molecule has 1 N–H and O–H groups in total. The van der Waals surface area contributed by atoms with Gasteiger partial charge >= 0.3 is 0 Å². The van der Waals surface area contributed by atoms with Crippen molar-refractivity contribution in [3.63, 3.8) is 0 Å². The van der Waals surface area contributed by atoms with E-state index in [1.165, 1.54) is 12.1 Å². The predicted octanol–water partition coefficient (Wildman–Crippen LogP) is 4.20. The molecule has 0 atom stereocenters. The normalized spacial score (nSPS) is 10.8. The van der Waals surface area contributed by atoms with Crippen LogP contribution in [0.5, 0.6) is 11.5 Å². The molecule has 2 aromatic heterocycles. The van der Waals surface area contributed by atoms with Crippen LogP contribution in [0.15, 0.2) is 54.7 Å². The van der Waals surface area contributed by atoms with E-state index in [1.807, 2.05) is 18.2 Å². The maximum atomic E-state index is 13.6. The van der Waals surface area contributed by atoms with Crippen LogP contribution in [0.3, 0.4) is 0 Å². The quantitative estimate of drug-likeness (QED) is 0.506. The van der Waals surface area contributed by atoms with Gasteiger partial charge in [0.15, 0.2) is 11.5 Å². The highest BCUT2D eigenvalue weighted by Crippen LogP contribution is 2.31. The molecular formula is C23H21FN4O3. The van der Waals surface area contributed by atoms with Gasteiger partial charge in [0.1, 0.15) is 11.6 Å². The van der Waals surface area contributed by atoms with Crippen molar-refractivity contribution in [1.82, 2.24) is 14.8 Å². The summed E-state index contributed by atoms with van der Waals surface area (Å²) in [5, 5.41) is 7.79. The molecule has 0 bridgehead atoms. The minimum Gasteiger partial charge on any atom is -0.493 e. The minimum absolute atomic E-state index is 0.332. The summed E-state index contributed by atoms with van der Waals surface area (Å²) in [4.78, 5) is 17.4. The third-order valence-corrected chi connectivity index (χ3v) is 4.91. The SMILES string of the molecule is COc1cccc(Cn2nccc2NC(=O)c2cc(C)nc3cc(F)ccc23)c1OC. The Kier molecular flexibility index (Phi) is 5.53. The molecule has 2 aromatic carbocycles. The van der Waals surface area contributed by atoms with Gasteiger partial charge in [0, 0.05) is 28.8 Å². The van der Waals surface area contributed by atoms with Gasteiger partial charge in [0.05, 0.1) is 38.0 Å². The molecule has 0 aliphatic rings. The van der Waals surface area contributed by atoms with Crippen LogP contribution >= 0.6 is 0 Å². The molecule has 0 unspecified atom stereocenters. The Hall–Kier alpha value is -3.94. The molecule has 8 heteroatoms. The lowest BCUT2D eigenvalue weighted by Gasteiger charge is -2.14. The number of benzene rings is 2. The molecule has 0 radical (unpaired) electrons. The summed E-state index contributed by atoms with van der Waals surface area (Å²) in [7, 11) is 3.15. The molecule has 0 aliphatic heterocycles. The van der Waals surface area contributed by atoms with Crippen molar-refractivity contribution in [2.45, 2.75) is 13.5 Å². The van der Waals surface area contributed by atoms with E-state index >= 15 is 0 Å². The van der Waals surface area contributed by atoms with E-state index in [4.69, 9.17) is 9.47 Å². The van der Waals surface area contributed by atoms with Crippen LogP contribution in [-0.4, -0.2) is 34.9 Å². The van der Waals surface area contributed by atoms with Gasteiger partial charge in [-0.15, -0.1) is 0 Å². The van der Waals surface area contributed by atoms with Gasteiger partial charge in [0.2, 0.25) is 0 Å². The monoisotopic (exact) mass is 420 g/mol. The van der Waals surface area contributed by atoms with Crippen LogP contribution in [0.2, 0.25) is 0 Å². The fraction of sp³-hybridized carbons (Fsp3) is 0.174. The highest BCUT2D eigenvalue weighted by atomic mass is 19.1. The number of rotatable bonds is 6. The van der Waals surface area contributed by atoms with E-state index in [1.54, 1.807) is 50.2 Å². The molecule has 7 nitrogen and oxygen atoms in total. The molecule has 31 heavy (non-hydrogen) atoms. The molecule has 0 aliphatic carbocycles. The van der Waals surface area contributed by atoms with Gasteiger partial charge in [-0.3, -0.25) is 9.78 Å². The number of hydrogen-bond acceptors (Lipinski definition) is 5. The number of pyridine rings is 1. The summed E-state index contributed by atoms with van der Waals surface area (Å²) in [5.41, 5.74) is 2.31. The number of fused-ring (bicyclic) bond motifs is 1. The van der Waals surface area contributed by atoms with E-state index in [9.17, 15) is 9.18 Å². The molecule has 0 saturated carbocycles. The van der Waals surface area contributed by atoms with Crippen molar-refractivity contribution in [3.05, 3.63) is 77.4 Å². The van der Waals surface area contributed by atoms with Gasteiger partial charge in [-0.05, 0) is 31.2 Å². The lowest BCUT2D eigenvalue weighted by molar-refractivity contribution is 0.102. The van der Waals surface area contributed by atoms with Gasteiger partial charge in [0.25, 0.3) is 5.91 Å². The first kappa shape index (κ1) is 20.3. The molecule has 0 saturated heterocycles. The van der Waals surface area contributed by atoms with Gasteiger partial charge < -0.3 is 14.8 Å². The number of aryl methyl sites for hydroxylation is 1. The Morgan fingerprint density at radius 1 is 1.13 bits per heavy atom. The van der Waals surface area contributed by atoms with E-state index in [0.717, 1.165) is 5.56 Å². The molecule has 0 fully saturated rings. The van der Waals surface area contributed by atoms with Crippen LogP contribution in [0.4, 0.5) is 10.2 Å². The average molecular weight is 420 g/mol. The summed E-state index contributed by atoms with van der Waals surface area (Å²) < 4.78 is 26.1. The first-order chi connectivity index (χ1) is 15.0. The molecule has 4 aromatic rings. The highest BCUT2D eigenvalue weighted by molar-refractivity contribution is 6.12. The molecule has 158 valence electrons. The van der Waals surface area contributed by atoms with Crippen LogP contribution in [0, 0.1) is 12.7 Å². The number of aromatic nitrogens is 3. The lowest BCUT2D eigenvalue weighted by atomic mass is 10.1. The number of nitrogens with zero attached hydrogens (tertiary/aromatic N) is 3. The number of hydrogen-bond donors (Lipinski definition) is 1. The summed E-state index contributed by atoms with van der Waals surface area (Å²) >= 11 is 0. The van der Waals surface area contributed by atoms with Crippen molar-refractivity contribution >= 4 is 22.6 Å². The Balaban J connectivity index is 1.64. The number of para-hydroxylation sites is 1. The van der Waals surface area contributed by atoms with Crippen molar-refractivity contribution < 1.29 is 18.7 Å². The highest BCUT2D eigenvalue weighted by Gasteiger charge is 2.16. The summed E-state index contributed by atoms with van der Waals surface area (Å²) in [6.45, 7) is 2.13. The van der Waals surface area contributed by atoms with E-state index < -0.39 is 5.82 Å². The third kappa shape index (κ3) is 4.05. The zero-order valence-corrected chi connectivity index (χ0v) is 17.3. The van der Waals surface area contributed by atoms with Gasteiger partial charge in [-0.25, -0.2) is 9.07 Å². The number of anilines is 1. The summed E-state index contributed by atoms with van der Waals surface area (Å²) in [5.74, 6) is 1.00. The molecule has 0 spiro atoms. The zero-order chi connectivity index (χ0) is 22.0. The maximum Gasteiger partial charge on any atom is 0.257 e. The Morgan fingerprint density at radius 3 is 2.74 bits per heavy atom. The Bertz CT molecular complexity index is 1260. The second-order valence-corrected chi connectivity index (χ2v) is 6.95.